The van der Waals surface area contributed by atoms with E-state index in [1.807, 2.05) is 60.7 Å². The summed E-state index contributed by atoms with van der Waals surface area (Å²) in [5.74, 6) is 0. The maximum Gasteiger partial charge on any atom is 0.0375 e. The Hall–Kier alpha value is -0.850. The second kappa shape index (κ2) is 18.0. The molecule has 84 valence electrons. The van der Waals surface area contributed by atoms with E-state index in [-0.39, 0.29) is 0 Å². The number of hydrogen-bond donors (Lipinski definition) is 0. The average Bonchev–Trinajstić information content (AvgIpc) is 2.26. The molecule has 0 aromatic carbocycles. The van der Waals surface area contributed by atoms with E-state index >= 15 is 0 Å². The third-order valence-electron chi connectivity index (χ3n) is 1.05. The first-order valence-corrected chi connectivity index (χ1v) is 5.68. The van der Waals surface area contributed by atoms with Crippen molar-refractivity contribution in [1.29, 1.82) is 0 Å². The maximum absolute atomic E-state index is 4.04. The van der Waals surface area contributed by atoms with Crippen molar-refractivity contribution < 1.29 is 0 Å². The first-order chi connectivity index (χ1) is 6.79. The predicted octanol–water partition coefficient (Wildman–Crippen LogP) is 4.78. The van der Waals surface area contributed by atoms with Crippen LogP contribution in [0.4, 0.5) is 0 Å². The van der Waals surface area contributed by atoms with Gasteiger partial charge >= 0.3 is 0 Å². The highest BCUT2D eigenvalue weighted by atomic mass is 14.6. The zero-order valence-corrected chi connectivity index (χ0v) is 11.2. The van der Waals surface area contributed by atoms with Crippen molar-refractivity contribution in [3.63, 3.8) is 0 Å². The summed E-state index contributed by atoms with van der Waals surface area (Å²) in [5, 5.41) is 0. The standard InChI is InChI=1S/C7H9N.3C2H6/c1-6-3-4-8-7(2)5-6;3*1-2/h3-5H,1-2H3;3*1-2H3. The van der Waals surface area contributed by atoms with Crippen LogP contribution in [0.15, 0.2) is 18.3 Å². The van der Waals surface area contributed by atoms with Gasteiger partial charge in [-0.15, -0.1) is 0 Å². The second-order valence-electron chi connectivity index (χ2n) is 1.97. The summed E-state index contributed by atoms with van der Waals surface area (Å²) < 4.78 is 0. The van der Waals surface area contributed by atoms with E-state index in [1.54, 1.807) is 0 Å². The number of rotatable bonds is 0. The Morgan fingerprint density at radius 1 is 0.857 bits per heavy atom. The summed E-state index contributed by atoms with van der Waals surface area (Å²) in [4.78, 5) is 4.04. The van der Waals surface area contributed by atoms with Crippen LogP contribution in [-0.4, -0.2) is 4.98 Å². The van der Waals surface area contributed by atoms with Crippen molar-refractivity contribution in [3.05, 3.63) is 29.6 Å². The molecule has 1 aromatic rings. The molecule has 0 amide bonds. The van der Waals surface area contributed by atoms with E-state index in [2.05, 4.69) is 18.0 Å². The molecule has 0 spiro atoms. The van der Waals surface area contributed by atoms with Crippen LogP contribution in [0.25, 0.3) is 0 Å². The maximum atomic E-state index is 4.04. The minimum atomic E-state index is 1.09. The highest BCUT2D eigenvalue weighted by Crippen LogP contribution is 1.95. The molecule has 0 aliphatic heterocycles. The molecule has 1 aromatic heterocycles. The van der Waals surface area contributed by atoms with E-state index < -0.39 is 0 Å². The summed E-state index contributed by atoms with van der Waals surface area (Å²) in [5.41, 5.74) is 2.36. The van der Waals surface area contributed by atoms with Gasteiger partial charge in [0.05, 0.1) is 0 Å². The number of aromatic nitrogens is 1. The quantitative estimate of drug-likeness (QED) is 0.583. The van der Waals surface area contributed by atoms with Gasteiger partial charge in [0.2, 0.25) is 0 Å². The highest BCUT2D eigenvalue weighted by molar-refractivity contribution is 5.12. The van der Waals surface area contributed by atoms with Crippen LogP contribution in [0.2, 0.25) is 0 Å². The molecule has 0 atom stereocenters. The molecule has 0 bridgehead atoms. The largest absolute Gasteiger partial charge is 0.262 e. The van der Waals surface area contributed by atoms with Crippen molar-refractivity contribution in [2.45, 2.75) is 55.4 Å². The predicted molar refractivity (Wildman–Crippen MR) is 67.8 cm³/mol. The first-order valence-electron chi connectivity index (χ1n) is 5.68. The Morgan fingerprint density at radius 2 is 1.29 bits per heavy atom. The molecule has 0 aliphatic rings. The zero-order chi connectivity index (χ0) is 12.0. The van der Waals surface area contributed by atoms with Crippen LogP contribution in [-0.2, 0) is 0 Å². The van der Waals surface area contributed by atoms with E-state index in [4.69, 9.17) is 0 Å². The molecule has 0 aliphatic carbocycles. The lowest BCUT2D eigenvalue weighted by Crippen LogP contribution is -1.78. The Kier molecular flexibility index (Phi) is 24.3. The third-order valence-corrected chi connectivity index (χ3v) is 1.05. The molecule has 14 heavy (non-hydrogen) atoms. The monoisotopic (exact) mass is 197 g/mol. The molecule has 0 fully saturated rings. The van der Waals surface area contributed by atoms with Crippen LogP contribution in [0, 0.1) is 13.8 Å². The van der Waals surface area contributed by atoms with E-state index in [0.29, 0.717) is 0 Å². The normalized spacial score (nSPS) is 6.57. The Bertz CT molecular complexity index is 165. The van der Waals surface area contributed by atoms with Crippen LogP contribution in [0.5, 0.6) is 0 Å². The van der Waals surface area contributed by atoms with Gasteiger partial charge in [0.1, 0.15) is 0 Å². The number of hydrogen-bond acceptors (Lipinski definition) is 1. The molecule has 1 heterocycles. The van der Waals surface area contributed by atoms with Crippen molar-refractivity contribution in [3.8, 4) is 0 Å². The first kappa shape index (κ1) is 18.8. The lowest BCUT2D eigenvalue weighted by atomic mass is 10.3. The summed E-state index contributed by atoms with van der Waals surface area (Å²) in [7, 11) is 0. The van der Waals surface area contributed by atoms with Gasteiger partial charge in [-0.25, -0.2) is 0 Å². The van der Waals surface area contributed by atoms with Gasteiger partial charge in [0.25, 0.3) is 0 Å². The molecule has 1 nitrogen and oxygen atoms in total. The SMILES string of the molecule is CC.CC.CC.Cc1ccnc(C)c1. The van der Waals surface area contributed by atoms with Gasteiger partial charge in [-0.1, -0.05) is 41.5 Å². The van der Waals surface area contributed by atoms with Gasteiger partial charge in [0, 0.05) is 11.9 Å². The Labute approximate surface area is 90.6 Å². The van der Waals surface area contributed by atoms with Gasteiger partial charge in [-0.3, -0.25) is 4.98 Å². The van der Waals surface area contributed by atoms with E-state index in [1.165, 1.54) is 5.56 Å². The van der Waals surface area contributed by atoms with Crippen molar-refractivity contribution in [2.75, 3.05) is 0 Å². The molecule has 0 N–H and O–H groups in total. The molecule has 0 radical (unpaired) electrons. The van der Waals surface area contributed by atoms with E-state index in [0.717, 1.165) is 5.69 Å². The summed E-state index contributed by atoms with van der Waals surface area (Å²) in [6.07, 6.45) is 1.82. The summed E-state index contributed by atoms with van der Waals surface area (Å²) in [6, 6.07) is 4.05. The molecule has 0 saturated heterocycles. The topological polar surface area (TPSA) is 12.9 Å². The lowest BCUT2D eigenvalue weighted by Gasteiger charge is -1.90. The molecular weight excluding hydrogens is 170 g/mol. The molecule has 0 unspecified atom stereocenters. The summed E-state index contributed by atoms with van der Waals surface area (Å²) >= 11 is 0. The average molecular weight is 197 g/mol. The summed E-state index contributed by atoms with van der Waals surface area (Å²) in [6.45, 7) is 16.1. The Morgan fingerprint density at radius 3 is 1.50 bits per heavy atom. The Balaban J connectivity index is -0.000000174. The number of nitrogens with zero attached hydrogens (tertiary/aromatic N) is 1. The second-order valence-corrected chi connectivity index (χ2v) is 1.97. The molecule has 1 rings (SSSR count). The third kappa shape index (κ3) is 13.7. The van der Waals surface area contributed by atoms with Gasteiger partial charge in [-0.2, -0.15) is 0 Å². The fourth-order valence-corrected chi connectivity index (χ4v) is 0.687. The minimum absolute atomic E-state index is 1.09. The minimum Gasteiger partial charge on any atom is -0.262 e. The van der Waals surface area contributed by atoms with Crippen molar-refractivity contribution >= 4 is 0 Å². The fourth-order valence-electron chi connectivity index (χ4n) is 0.687. The highest BCUT2D eigenvalue weighted by Gasteiger charge is 1.82. The lowest BCUT2D eigenvalue weighted by molar-refractivity contribution is 1.18. The zero-order valence-electron chi connectivity index (χ0n) is 11.2. The molecular formula is C13H27N. The fraction of sp³-hybridized carbons (Fsp3) is 0.615. The van der Waals surface area contributed by atoms with Crippen LogP contribution >= 0.6 is 0 Å². The van der Waals surface area contributed by atoms with Gasteiger partial charge in [0.15, 0.2) is 0 Å². The smallest absolute Gasteiger partial charge is 0.0375 e. The van der Waals surface area contributed by atoms with Crippen LogP contribution < -0.4 is 0 Å². The molecule has 0 saturated carbocycles. The van der Waals surface area contributed by atoms with Crippen molar-refractivity contribution in [2.24, 2.45) is 0 Å². The van der Waals surface area contributed by atoms with Crippen molar-refractivity contribution in [1.82, 2.24) is 4.98 Å². The van der Waals surface area contributed by atoms with Crippen LogP contribution in [0.3, 0.4) is 0 Å². The van der Waals surface area contributed by atoms with Gasteiger partial charge < -0.3 is 0 Å². The van der Waals surface area contributed by atoms with Crippen LogP contribution in [0.1, 0.15) is 52.8 Å². The number of pyridine rings is 1. The number of aryl methyl sites for hydroxylation is 2. The molecule has 1 heteroatoms. The van der Waals surface area contributed by atoms with Gasteiger partial charge in [-0.05, 0) is 31.5 Å². The van der Waals surface area contributed by atoms with E-state index in [9.17, 15) is 0 Å².